The van der Waals surface area contributed by atoms with Crippen LogP contribution >= 0.6 is 34.8 Å². The third-order valence-corrected chi connectivity index (χ3v) is 5.49. The molecule has 2 aromatic carbocycles. The highest BCUT2D eigenvalue weighted by atomic mass is 35.5. The van der Waals surface area contributed by atoms with E-state index in [1.54, 1.807) is 48.2 Å². The maximum absolute atomic E-state index is 12.8. The van der Waals surface area contributed by atoms with Gasteiger partial charge in [0.2, 0.25) is 0 Å². The van der Waals surface area contributed by atoms with Gasteiger partial charge in [-0.15, -0.1) is 0 Å². The molecule has 1 atom stereocenters. The van der Waals surface area contributed by atoms with Crippen LogP contribution < -0.4 is 10.1 Å². The maximum Gasteiger partial charge on any atom is 0.265 e. The zero-order valence-corrected chi connectivity index (χ0v) is 17.4. The van der Waals surface area contributed by atoms with Gasteiger partial charge in [-0.2, -0.15) is 0 Å². The normalized spacial score (nSPS) is 14.6. The summed E-state index contributed by atoms with van der Waals surface area (Å²) in [7, 11) is 0. The quantitative estimate of drug-likeness (QED) is 0.686. The van der Waals surface area contributed by atoms with Gasteiger partial charge in [0.1, 0.15) is 10.8 Å². The van der Waals surface area contributed by atoms with Gasteiger partial charge in [0.15, 0.2) is 6.10 Å². The minimum Gasteiger partial charge on any atom is -0.479 e. The first-order valence-corrected chi connectivity index (χ1v) is 10.0. The molecule has 0 saturated carbocycles. The van der Waals surface area contributed by atoms with Crippen LogP contribution in [0.5, 0.6) is 5.75 Å². The first-order valence-electron chi connectivity index (χ1n) is 8.87. The summed E-state index contributed by atoms with van der Waals surface area (Å²) in [6, 6.07) is 9.74. The third kappa shape index (κ3) is 4.72. The maximum atomic E-state index is 12.8. The standard InChI is InChI=1S/C20H19Cl3N2O3/c1-12(28-17-6-4-5-15(22)18(17)23)19(26)24-16-11-13(21)7-8-14(16)20(27)25-9-2-3-10-25/h4-8,11-12H,2-3,9-10H2,1H3,(H,24,26). The molecule has 0 radical (unpaired) electrons. The molecule has 0 aliphatic carbocycles. The molecular formula is C20H19Cl3N2O3. The van der Waals surface area contributed by atoms with Crippen molar-refractivity contribution in [2.75, 3.05) is 18.4 Å². The second-order valence-electron chi connectivity index (χ2n) is 6.49. The fourth-order valence-corrected chi connectivity index (χ4v) is 3.46. The molecule has 28 heavy (non-hydrogen) atoms. The monoisotopic (exact) mass is 440 g/mol. The van der Waals surface area contributed by atoms with E-state index in [1.807, 2.05) is 0 Å². The lowest BCUT2D eigenvalue weighted by Crippen LogP contribution is -2.32. The van der Waals surface area contributed by atoms with E-state index in [-0.39, 0.29) is 10.9 Å². The van der Waals surface area contributed by atoms with Crippen molar-refractivity contribution < 1.29 is 14.3 Å². The van der Waals surface area contributed by atoms with E-state index in [9.17, 15) is 9.59 Å². The van der Waals surface area contributed by atoms with Crippen LogP contribution in [0.1, 0.15) is 30.1 Å². The molecule has 1 heterocycles. The zero-order valence-electron chi connectivity index (χ0n) is 15.2. The number of carbonyl (C=O) groups excluding carboxylic acids is 2. The Morgan fingerprint density at radius 1 is 1.11 bits per heavy atom. The average molecular weight is 442 g/mol. The number of ether oxygens (including phenoxy) is 1. The molecule has 2 aromatic rings. The molecule has 0 aromatic heterocycles. The Morgan fingerprint density at radius 3 is 2.54 bits per heavy atom. The van der Waals surface area contributed by atoms with Crippen molar-refractivity contribution in [3.8, 4) is 5.75 Å². The minimum absolute atomic E-state index is 0.129. The van der Waals surface area contributed by atoms with E-state index in [1.165, 1.54) is 0 Å². The van der Waals surface area contributed by atoms with Gasteiger partial charge in [0.05, 0.1) is 16.3 Å². The summed E-state index contributed by atoms with van der Waals surface area (Å²) in [4.78, 5) is 27.2. The lowest BCUT2D eigenvalue weighted by molar-refractivity contribution is -0.122. The van der Waals surface area contributed by atoms with Crippen molar-refractivity contribution in [1.29, 1.82) is 0 Å². The molecule has 0 bridgehead atoms. The molecule has 1 fully saturated rings. The summed E-state index contributed by atoms with van der Waals surface area (Å²) in [5, 5.41) is 3.72. The van der Waals surface area contributed by atoms with Crippen LogP contribution in [0.15, 0.2) is 36.4 Å². The minimum atomic E-state index is -0.871. The smallest absolute Gasteiger partial charge is 0.265 e. The number of likely N-dealkylation sites (tertiary alicyclic amines) is 1. The van der Waals surface area contributed by atoms with E-state index >= 15 is 0 Å². The van der Waals surface area contributed by atoms with Crippen molar-refractivity contribution in [1.82, 2.24) is 4.90 Å². The van der Waals surface area contributed by atoms with Gasteiger partial charge in [0, 0.05) is 18.1 Å². The average Bonchev–Trinajstić information content (AvgIpc) is 3.20. The van der Waals surface area contributed by atoms with Gasteiger partial charge in [-0.25, -0.2) is 0 Å². The van der Waals surface area contributed by atoms with Crippen LogP contribution in [0, 0.1) is 0 Å². The molecule has 148 valence electrons. The van der Waals surface area contributed by atoms with E-state index in [2.05, 4.69) is 5.32 Å². The lowest BCUT2D eigenvalue weighted by atomic mass is 10.1. The number of anilines is 1. The molecule has 2 amide bonds. The Bertz CT molecular complexity index is 898. The van der Waals surface area contributed by atoms with Crippen molar-refractivity contribution in [3.05, 3.63) is 57.0 Å². The van der Waals surface area contributed by atoms with Gasteiger partial charge in [-0.1, -0.05) is 40.9 Å². The fourth-order valence-electron chi connectivity index (χ4n) is 2.95. The second-order valence-corrected chi connectivity index (χ2v) is 7.71. The summed E-state index contributed by atoms with van der Waals surface area (Å²) in [5.74, 6) is -0.263. The number of hydrogen-bond donors (Lipinski definition) is 1. The number of halogens is 3. The highest BCUT2D eigenvalue weighted by Gasteiger charge is 2.24. The molecule has 1 saturated heterocycles. The molecular weight excluding hydrogens is 423 g/mol. The highest BCUT2D eigenvalue weighted by Crippen LogP contribution is 2.32. The third-order valence-electron chi connectivity index (χ3n) is 4.45. The van der Waals surface area contributed by atoms with Crippen molar-refractivity contribution in [2.24, 2.45) is 0 Å². The van der Waals surface area contributed by atoms with Crippen LogP contribution in [0.2, 0.25) is 15.1 Å². The summed E-state index contributed by atoms with van der Waals surface area (Å²) < 4.78 is 5.63. The number of amides is 2. The second kappa shape index (κ2) is 9.03. The van der Waals surface area contributed by atoms with Gasteiger partial charge >= 0.3 is 0 Å². The van der Waals surface area contributed by atoms with Crippen LogP contribution in [-0.2, 0) is 4.79 Å². The van der Waals surface area contributed by atoms with Crippen LogP contribution in [0.25, 0.3) is 0 Å². The lowest BCUT2D eigenvalue weighted by Gasteiger charge is -2.20. The number of nitrogens with one attached hydrogen (secondary N) is 1. The molecule has 8 heteroatoms. The summed E-state index contributed by atoms with van der Waals surface area (Å²) in [6.07, 6.45) is 1.09. The zero-order chi connectivity index (χ0) is 20.3. The summed E-state index contributed by atoms with van der Waals surface area (Å²) >= 11 is 18.2. The SMILES string of the molecule is CC(Oc1cccc(Cl)c1Cl)C(=O)Nc1cc(Cl)ccc1C(=O)N1CCCC1. The van der Waals surface area contributed by atoms with E-state index in [0.717, 1.165) is 12.8 Å². The van der Waals surface area contributed by atoms with Crippen molar-refractivity contribution >= 4 is 52.3 Å². The van der Waals surface area contributed by atoms with Crippen molar-refractivity contribution in [2.45, 2.75) is 25.9 Å². The van der Waals surface area contributed by atoms with Crippen LogP contribution in [0.4, 0.5) is 5.69 Å². The van der Waals surface area contributed by atoms with Crippen LogP contribution in [-0.4, -0.2) is 35.9 Å². The van der Waals surface area contributed by atoms with Gasteiger partial charge in [-0.3, -0.25) is 9.59 Å². The Hall–Kier alpha value is -1.95. The van der Waals surface area contributed by atoms with Crippen molar-refractivity contribution in [3.63, 3.8) is 0 Å². The molecule has 0 spiro atoms. The first-order chi connectivity index (χ1) is 13.4. The Kier molecular flexibility index (Phi) is 6.70. The Balaban J connectivity index is 1.76. The predicted molar refractivity (Wildman–Crippen MR) is 112 cm³/mol. The van der Waals surface area contributed by atoms with Gasteiger partial charge in [0.25, 0.3) is 11.8 Å². The van der Waals surface area contributed by atoms with E-state index in [4.69, 9.17) is 39.5 Å². The van der Waals surface area contributed by atoms with E-state index in [0.29, 0.717) is 40.1 Å². The Morgan fingerprint density at radius 2 is 1.82 bits per heavy atom. The molecule has 1 N–H and O–H groups in total. The van der Waals surface area contributed by atoms with Crippen LogP contribution in [0.3, 0.4) is 0 Å². The molecule has 1 unspecified atom stereocenters. The Labute approximate surface area is 178 Å². The number of rotatable bonds is 5. The number of benzene rings is 2. The topological polar surface area (TPSA) is 58.6 Å². The number of hydrogen-bond acceptors (Lipinski definition) is 3. The first kappa shape index (κ1) is 20.8. The summed E-state index contributed by atoms with van der Waals surface area (Å²) in [5.41, 5.74) is 0.745. The molecule has 1 aliphatic rings. The highest BCUT2D eigenvalue weighted by molar-refractivity contribution is 6.42. The predicted octanol–water partition coefficient (Wildman–Crippen LogP) is 5.29. The van der Waals surface area contributed by atoms with E-state index < -0.39 is 12.0 Å². The molecule has 1 aliphatic heterocycles. The number of nitrogens with zero attached hydrogens (tertiary/aromatic N) is 1. The van der Waals surface area contributed by atoms with Gasteiger partial charge < -0.3 is 15.0 Å². The molecule has 5 nitrogen and oxygen atoms in total. The summed E-state index contributed by atoms with van der Waals surface area (Å²) in [6.45, 7) is 3.00. The number of carbonyl (C=O) groups is 2. The van der Waals surface area contributed by atoms with Gasteiger partial charge in [-0.05, 0) is 50.1 Å². The largest absolute Gasteiger partial charge is 0.479 e. The fraction of sp³-hybridized carbons (Fsp3) is 0.300. The molecule has 3 rings (SSSR count).